The lowest BCUT2D eigenvalue weighted by Gasteiger charge is -2.57. The van der Waals surface area contributed by atoms with E-state index in [1.54, 1.807) is 7.11 Å². The number of rotatable bonds is 6. The minimum absolute atomic E-state index is 0.0838. The first-order valence-electron chi connectivity index (χ1n) is 14.5. The third kappa shape index (κ3) is 2.81. The summed E-state index contributed by atoms with van der Waals surface area (Å²) in [6.07, 6.45) is 4.56. The van der Waals surface area contributed by atoms with Crippen LogP contribution in [0.2, 0.25) is 0 Å². The van der Waals surface area contributed by atoms with Crippen molar-refractivity contribution in [2.75, 3.05) is 20.2 Å². The largest absolute Gasteiger partial charge is 0.497 e. The number of hydrogen-bond acceptors (Lipinski definition) is 3. The summed E-state index contributed by atoms with van der Waals surface area (Å²) in [5.74, 6) is 1.93. The molecule has 3 saturated heterocycles. The standard InChI is InChI=1S/C36H35N2O2/c1-4-36-31-16-18-38(22-32(31)36,21-30-26-11-7-5-9-23(26)19-24-10-6-8-12-27(24)30)35(36,2)34(39)28-15-17-37-33-14-13-25(40-3)20-29(28)33/h4-15,17,19-20,31-32,34,39H,1,16,18,21-22H2,2-3H3/q+1/t31?,32?,34-,35-,36?,38?/m1/s1. The third-order valence-electron chi connectivity index (χ3n) is 11.4. The first kappa shape index (κ1) is 24.1. The maximum absolute atomic E-state index is 12.7. The van der Waals surface area contributed by atoms with E-state index in [2.05, 4.69) is 79.2 Å². The first-order valence-corrected chi connectivity index (χ1v) is 14.5. The minimum Gasteiger partial charge on any atom is -0.497 e. The zero-order valence-corrected chi connectivity index (χ0v) is 23.2. The van der Waals surface area contributed by atoms with Crippen molar-refractivity contribution >= 4 is 32.4 Å². The maximum Gasteiger partial charge on any atom is 0.137 e. The highest BCUT2D eigenvalue weighted by Gasteiger charge is 2.88. The summed E-state index contributed by atoms with van der Waals surface area (Å²) >= 11 is 0. The highest BCUT2D eigenvalue weighted by atomic mass is 16.5. The molecule has 0 radical (unpaired) electrons. The van der Waals surface area contributed by atoms with Crippen LogP contribution < -0.4 is 4.74 Å². The quantitative estimate of drug-likeness (QED) is 0.144. The van der Waals surface area contributed by atoms with Crippen molar-refractivity contribution in [1.82, 2.24) is 4.98 Å². The number of benzene rings is 4. The molecule has 0 spiro atoms. The average Bonchev–Trinajstić information content (AvgIpc) is 3.62. The molecule has 4 bridgehead atoms. The van der Waals surface area contributed by atoms with Crippen LogP contribution in [-0.2, 0) is 6.54 Å². The Morgan fingerprint density at radius 2 is 1.73 bits per heavy atom. The number of methoxy groups -OCH3 is 1. The van der Waals surface area contributed by atoms with Crippen molar-refractivity contribution in [2.24, 2.45) is 17.3 Å². The number of fused-ring (bicyclic) bond motifs is 4. The smallest absolute Gasteiger partial charge is 0.137 e. The van der Waals surface area contributed by atoms with Crippen molar-refractivity contribution in [2.45, 2.75) is 31.5 Å². The number of ether oxygens (including phenoxy) is 1. The summed E-state index contributed by atoms with van der Waals surface area (Å²) in [4.78, 5) is 4.63. The molecule has 3 aliphatic heterocycles. The number of aromatic nitrogens is 1. The molecule has 4 aromatic carbocycles. The highest BCUT2D eigenvalue weighted by molar-refractivity contribution is 6.02. The molecule has 40 heavy (non-hydrogen) atoms. The predicted octanol–water partition coefficient (Wildman–Crippen LogP) is 7.19. The van der Waals surface area contributed by atoms with Crippen LogP contribution in [0.25, 0.3) is 32.4 Å². The fourth-order valence-electron chi connectivity index (χ4n) is 9.43. The van der Waals surface area contributed by atoms with E-state index in [0.29, 0.717) is 11.8 Å². The lowest BCUT2D eigenvalue weighted by atomic mass is 9.69. The molecule has 4 heteroatoms. The fraction of sp³-hybridized carbons (Fsp3) is 0.306. The summed E-state index contributed by atoms with van der Waals surface area (Å²) < 4.78 is 6.45. The van der Waals surface area contributed by atoms with Gasteiger partial charge in [-0.25, -0.2) is 0 Å². The summed E-state index contributed by atoms with van der Waals surface area (Å²) in [7, 11) is 1.69. The third-order valence-corrected chi connectivity index (χ3v) is 11.4. The van der Waals surface area contributed by atoms with E-state index in [1.165, 1.54) is 33.5 Å². The van der Waals surface area contributed by atoms with Gasteiger partial charge in [-0.3, -0.25) is 4.98 Å². The Bertz CT molecular complexity index is 1790. The summed E-state index contributed by atoms with van der Waals surface area (Å²) in [5, 5.41) is 18.9. The van der Waals surface area contributed by atoms with Crippen LogP contribution in [0, 0.1) is 17.3 Å². The Kier molecular flexibility index (Phi) is 4.91. The van der Waals surface area contributed by atoms with Gasteiger partial charge in [0.2, 0.25) is 0 Å². The van der Waals surface area contributed by atoms with Gasteiger partial charge in [-0.1, -0.05) is 54.6 Å². The number of hydrogen-bond donors (Lipinski definition) is 1. The van der Waals surface area contributed by atoms with Gasteiger partial charge in [0, 0.05) is 29.5 Å². The van der Waals surface area contributed by atoms with Gasteiger partial charge in [0.25, 0.3) is 0 Å². The lowest BCUT2D eigenvalue weighted by Crippen LogP contribution is -2.69. The molecule has 9 rings (SSSR count). The normalized spacial score (nSPS) is 31.0. The number of aliphatic hydroxyl groups is 1. The van der Waals surface area contributed by atoms with Gasteiger partial charge in [0.05, 0.1) is 31.1 Å². The van der Waals surface area contributed by atoms with Crippen LogP contribution in [0.1, 0.15) is 30.6 Å². The molecule has 5 aromatic rings. The summed E-state index contributed by atoms with van der Waals surface area (Å²) in [5.41, 5.74) is 2.70. The molecular formula is C36H35N2O2+. The van der Waals surface area contributed by atoms with Gasteiger partial charge in [0.15, 0.2) is 0 Å². The average molecular weight is 528 g/mol. The molecule has 6 atom stereocenters. The Hall–Kier alpha value is -3.73. The second-order valence-electron chi connectivity index (χ2n) is 12.5. The molecule has 4 heterocycles. The zero-order valence-electron chi connectivity index (χ0n) is 23.2. The lowest BCUT2D eigenvalue weighted by molar-refractivity contribution is -0.993. The number of quaternary nitrogens is 1. The van der Waals surface area contributed by atoms with E-state index in [-0.39, 0.29) is 5.41 Å². The molecule has 0 amide bonds. The molecule has 4 nitrogen and oxygen atoms in total. The molecule has 1 aliphatic carbocycles. The molecule has 1 N–H and O–H groups in total. The van der Waals surface area contributed by atoms with Crippen molar-refractivity contribution in [3.05, 3.63) is 109 Å². The van der Waals surface area contributed by atoms with Gasteiger partial charge in [0.1, 0.15) is 23.9 Å². The van der Waals surface area contributed by atoms with E-state index in [0.717, 1.165) is 46.3 Å². The van der Waals surface area contributed by atoms with Crippen molar-refractivity contribution in [1.29, 1.82) is 0 Å². The van der Waals surface area contributed by atoms with Gasteiger partial charge < -0.3 is 14.3 Å². The second kappa shape index (κ2) is 8.15. The second-order valence-corrected chi connectivity index (χ2v) is 12.5. The van der Waals surface area contributed by atoms with E-state index in [1.807, 2.05) is 30.5 Å². The fourth-order valence-corrected chi connectivity index (χ4v) is 9.43. The van der Waals surface area contributed by atoms with Crippen LogP contribution >= 0.6 is 0 Å². The molecule has 1 aromatic heterocycles. The predicted molar refractivity (Wildman–Crippen MR) is 161 cm³/mol. The monoisotopic (exact) mass is 527 g/mol. The van der Waals surface area contributed by atoms with E-state index >= 15 is 0 Å². The summed E-state index contributed by atoms with van der Waals surface area (Å²) in [6.45, 7) is 9.81. The van der Waals surface area contributed by atoms with E-state index in [9.17, 15) is 5.11 Å². The molecule has 4 fully saturated rings. The number of nitrogens with zero attached hydrogens (tertiary/aromatic N) is 2. The SMILES string of the molecule is C=CC12C3CC[N+](Cc4c5ccccc5cc5ccccc45)(CC31)[C@]2(C)[C@H](O)c1ccnc2ccc(OC)cc12. The minimum atomic E-state index is -0.681. The van der Waals surface area contributed by atoms with Crippen LogP contribution in [0.3, 0.4) is 0 Å². The Balaban J connectivity index is 1.35. The number of aliphatic hydroxyl groups excluding tert-OH is 1. The molecule has 4 aliphatic rings. The van der Waals surface area contributed by atoms with Gasteiger partial charge in [-0.15, -0.1) is 6.58 Å². The topological polar surface area (TPSA) is 42.4 Å². The Labute approximate surface area is 235 Å². The molecule has 200 valence electrons. The van der Waals surface area contributed by atoms with Crippen LogP contribution in [0.4, 0.5) is 0 Å². The molecule has 1 saturated carbocycles. The number of piperidine rings is 3. The Morgan fingerprint density at radius 1 is 1.00 bits per heavy atom. The highest BCUT2D eigenvalue weighted by Crippen LogP contribution is 2.80. The Morgan fingerprint density at radius 3 is 2.42 bits per heavy atom. The zero-order chi connectivity index (χ0) is 27.3. The first-order chi connectivity index (χ1) is 19.5. The molecule has 4 unspecified atom stereocenters. The molecular weight excluding hydrogens is 492 g/mol. The van der Waals surface area contributed by atoms with Crippen LogP contribution in [0.5, 0.6) is 5.75 Å². The van der Waals surface area contributed by atoms with E-state index in [4.69, 9.17) is 4.74 Å². The summed E-state index contributed by atoms with van der Waals surface area (Å²) in [6, 6.07) is 27.9. The van der Waals surface area contributed by atoms with Crippen LogP contribution in [0.15, 0.2) is 97.7 Å². The van der Waals surface area contributed by atoms with Crippen molar-refractivity contribution in [3.63, 3.8) is 0 Å². The van der Waals surface area contributed by atoms with Gasteiger partial charge >= 0.3 is 0 Å². The van der Waals surface area contributed by atoms with Crippen molar-refractivity contribution < 1.29 is 14.3 Å². The van der Waals surface area contributed by atoms with Gasteiger partial charge in [-0.05, 0) is 70.3 Å². The van der Waals surface area contributed by atoms with Gasteiger partial charge in [-0.2, -0.15) is 0 Å². The maximum atomic E-state index is 12.7. The van der Waals surface area contributed by atoms with E-state index < -0.39 is 11.6 Å². The van der Waals surface area contributed by atoms with Crippen LogP contribution in [-0.4, -0.2) is 40.3 Å². The number of pyridine rings is 1. The van der Waals surface area contributed by atoms with Crippen molar-refractivity contribution in [3.8, 4) is 5.75 Å².